The molecule has 7 nitrogen and oxygen atoms in total. The summed E-state index contributed by atoms with van der Waals surface area (Å²) >= 11 is 0. The van der Waals surface area contributed by atoms with E-state index in [4.69, 9.17) is 9.47 Å². The summed E-state index contributed by atoms with van der Waals surface area (Å²) in [6, 6.07) is 5.57. The van der Waals surface area contributed by atoms with Gasteiger partial charge in [-0.2, -0.15) is 15.4 Å². The fourth-order valence-corrected chi connectivity index (χ4v) is 1.97. The van der Waals surface area contributed by atoms with Crippen molar-refractivity contribution in [2.45, 2.75) is 13.3 Å². The van der Waals surface area contributed by atoms with Crippen LogP contribution < -0.4 is 14.8 Å². The zero-order valence-electron chi connectivity index (χ0n) is 12.3. The van der Waals surface area contributed by atoms with Gasteiger partial charge in [-0.3, -0.25) is 4.79 Å². The average molecular weight is 290 g/mol. The lowest BCUT2D eigenvalue weighted by atomic mass is 10.1. The standard InChI is InChI=1S/C14H18N4O3/c1-9-13(17-18-16-9)14(19)15-7-6-10-8-11(20-2)4-5-12(10)21-3/h4-5,8H,6-7H2,1-3H3,(H,15,19)(H,16,17,18). The van der Waals surface area contributed by atoms with Gasteiger partial charge >= 0.3 is 0 Å². The van der Waals surface area contributed by atoms with Crippen molar-refractivity contribution in [3.8, 4) is 11.5 Å². The number of amides is 1. The minimum Gasteiger partial charge on any atom is -0.497 e. The molecular weight excluding hydrogens is 272 g/mol. The van der Waals surface area contributed by atoms with Gasteiger partial charge in [0.1, 0.15) is 11.5 Å². The van der Waals surface area contributed by atoms with Crippen molar-refractivity contribution in [2.24, 2.45) is 0 Å². The highest BCUT2D eigenvalue weighted by Crippen LogP contribution is 2.24. The molecule has 0 unspecified atom stereocenters. The van der Waals surface area contributed by atoms with E-state index >= 15 is 0 Å². The van der Waals surface area contributed by atoms with E-state index in [0.29, 0.717) is 24.4 Å². The Morgan fingerprint density at radius 3 is 2.71 bits per heavy atom. The second kappa shape index (κ2) is 6.74. The first-order valence-electron chi connectivity index (χ1n) is 6.52. The minimum absolute atomic E-state index is 0.247. The van der Waals surface area contributed by atoms with Gasteiger partial charge in [-0.1, -0.05) is 0 Å². The Kier molecular flexibility index (Phi) is 4.76. The summed E-state index contributed by atoms with van der Waals surface area (Å²) in [4.78, 5) is 11.9. The second-order valence-electron chi connectivity index (χ2n) is 4.44. The SMILES string of the molecule is COc1ccc(OC)c(CCNC(=O)c2n[nH]nc2C)c1. The van der Waals surface area contributed by atoms with E-state index in [1.54, 1.807) is 21.1 Å². The van der Waals surface area contributed by atoms with Gasteiger partial charge in [-0.15, -0.1) is 0 Å². The third-order valence-corrected chi connectivity index (χ3v) is 3.10. The maximum atomic E-state index is 11.9. The van der Waals surface area contributed by atoms with Crippen molar-refractivity contribution in [1.29, 1.82) is 0 Å². The molecular formula is C14H18N4O3. The van der Waals surface area contributed by atoms with Gasteiger partial charge < -0.3 is 14.8 Å². The summed E-state index contributed by atoms with van der Waals surface area (Å²) in [5, 5.41) is 12.9. The maximum absolute atomic E-state index is 11.9. The molecule has 2 N–H and O–H groups in total. The van der Waals surface area contributed by atoms with E-state index in [2.05, 4.69) is 20.7 Å². The number of aryl methyl sites for hydroxylation is 1. The van der Waals surface area contributed by atoms with Gasteiger partial charge in [0.15, 0.2) is 5.69 Å². The Bertz CT molecular complexity index is 624. The molecule has 1 aromatic carbocycles. The topological polar surface area (TPSA) is 89.1 Å². The molecule has 0 fully saturated rings. The summed E-state index contributed by atoms with van der Waals surface area (Å²) < 4.78 is 10.5. The van der Waals surface area contributed by atoms with Crippen LogP contribution in [0.4, 0.5) is 0 Å². The molecule has 2 aromatic rings. The molecule has 0 spiro atoms. The Balaban J connectivity index is 1.97. The molecule has 2 rings (SSSR count). The van der Waals surface area contributed by atoms with E-state index in [1.165, 1.54) is 0 Å². The Morgan fingerprint density at radius 1 is 1.29 bits per heavy atom. The molecule has 112 valence electrons. The van der Waals surface area contributed by atoms with Crippen molar-refractivity contribution in [3.63, 3.8) is 0 Å². The molecule has 0 aliphatic rings. The van der Waals surface area contributed by atoms with Crippen molar-refractivity contribution < 1.29 is 14.3 Å². The van der Waals surface area contributed by atoms with Gasteiger partial charge in [0.2, 0.25) is 0 Å². The normalized spacial score (nSPS) is 10.2. The number of hydrogen-bond donors (Lipinski definition) is 2. The molecule has 0 aliphatic heterocycles. The number of carbonyl (C=O) groups excluding carboxylic acids is 1. The van der Waals surface area contributed by atoms with Gasteiger partial charge in [0, 0.05) is 6.54 Å². The number of aromatic amines is 1. The van der Waals surface area contributed by atoms with Crippen LogP contribution in [-0.2, 0) is 6.42 Å². The molecule has 7 heteroatoms. The number of nitrogens with one attached hydrogen (secondary N) is 2. The molecule has 0 saturated heterocycles. The van der Waals surface area contributed by atoms with Crippen molar-refractivity contribution in [1.82, 2.24) is 20.7 Å². The molecule has 0 atom stereocenters. The summed E-state index contributed by atoms with van der Waals surface area (Å²) in [6.07, 6.45) is 0.628. The highest BCUT2D eigenvalue weighted by atomic mass is 16.5. The Hall–Kier alpha value is -2.57. The van der Waals surface area contributed by atoms with E-state index in [9.17, 15) is 4.79 Å². The second-order valence-corrected chi connectivity index (χ2v) is 4.44. The molecule has 0 saturated carbocycles. The van der Waals surface area contributed by atoms with Crippen LogP contribution in [0.25, 0.3) is 0 Å². The Morgan fingerprint density at radius 2 is 2.10 bits per heavy atom. The van der Waals surface area contributed by atoms with Crippen LogP contribution in [-0.4, -0.2) is 42.1 Å². The first-order chi connectivity index (χ1) is 10.2. The van der Waals surface area contributed by atoms with E-state index in [1.807, 2.05) is 18.2 Å². The lowest BCUT2D eigenvalue weighted by Crippen LogP contribution is -2.26. The number of H-pyrrole nitrogens is 1. The first kappa shape index (κ1) is 14.8. The smallest absolute Gasteiger partial charge is 0.273 e. The molecule has 1 heterocycles. The summed E-state index contributed by atoms with van der Waals surface area (Å²) in [6.45, 7) is 2.19. The Labute approximate surface area is 122 Å². The van der Waals surface area contributed by atoms with Crippen LogP contribution in [0.15, 0.2) is 18.2 Å². The number of methoxy groups -OCH3 is 2. The number of nitrogens with zero attached hydrogens (tertiary/aromatic N) is 2. The molecule has 1 amide bonds. The number of aromatic nitrogens is 3. The number of rotatable bonds is 6. The highest BCUT2D eigenvalue weighted by molar-refractivity contribution is 5.93. The lowest BCUT2D eigenvalue weighted by Gasteiger charge is -2.10. The maximum Gasteiger partial charge on any atom is 0.273 e. The number of carbonyl (C=O) groups is 1. The number of benzene rings is 1. The zero-order chi connectivity index (χ0) is 15.2. The van der Waals surface area contributed by atoms with Gasteiger partial charge in [0.05, 0.1) is 19.9 Å². The molecule has 1 aromatic heterocycles. The fraction of sp³-hybridized carbons (Fsp3) is 0.357. The summed E-state index contributed by atoms with van der Waals surface area (Å²) in [5.41, 5.74) is 1.85. The summed E-state index contributed by atoms with van der Waals surface area (Å²) in [7, 11) is 3.23. The van der Waals surface area contributed by atoms with Crippen LogP contribution >= 0.6 is 0 Å². The van der Waals surface area contributed by atoms with Gasteiger partial charge in [-0.25, -0.2) is 0 Å². The monoisotopic (exact) mass is 290 g/mol. The highest BCUT2D eigenvalue weighted by Gasteiger charge is 2.13. The third-order valence-electron chi connectivity index (χ3n) is 3.10. The van der Waals surface area contributed by atoms with E-state index in [0.717, 1.165) is 17.1 Å². The van der Waals surface area contributed by atoms with Crippen LogP contribution in [0.3, 0.4) is 0 Å². The van der Waals surface area contributed by atoms with Crippen LogP contribution in [0.5, 0.6) is 11.5 Å². The fourth-order valence-electron chi connectivity index (χ4n) is 1.97. The van der Waals surface area contributed by atoms with Crippen LogP contribution in [0.1, 0.15) is 21.7 Å². The third kappa shape index (κ3) is 3.50. The van der Waals surface area contributed by atoms with Gasteiger partial charge in [-0.05, 0) is 37.1 Å². The lowest BCUT2D eigenvalue weighted by molar-refractivity contribution is 0.0948. The van der Waals surface area contributed by atoms with Gasteiger partial charge in [0.25, 0.3) is 5.91 Å². The first-order valence-corrected chi connectivity index (χ1v) is 6.52. The minimum atomic E-state index is -0.247. The molecule has 0 bridgehead atoms. The van der Waals surface area contributed by atoms with Crippen molar-refractivity contribution in [2.75, 3.05) is 20.8 Å². The molecule has 0 radical (unpaired) electrons. The number of hydrogen-bond acceptors (Lipinski definition) is 5. The largest absolute Gasteiger partial charge is 0.497 e. The predicted molar refractivity (Wildman–Crippen MR) is 76.7 cm³/mol. The average Bonchev–Trinajstić information content (AvgIpc) is 2.93. The van der Waals surface area contributed by atoms with Crippen LogP contribution in [0.2, 0.25) is 0 Å². The predicted octanol–water partition coefficient (Wildman–Crippen LogP) is 1.10. The zero-order valence-corrected chi connectivity index (χ0v) is 12.3. The quantitative estimate of drug-likeness (QED) is 0.831. The van der Waals surface area contributed by atoms with Crippen molar-refractivity contribution in [3.05, 3.63) is 35.2 Å². The molecule has 0 aliphatic carbocycles. The van der Waals surface area contributed by atoms with E-state index < -0.39 is 0 Å². The number of ether oxygens (including phenoxy) is 2. The van der Waals surface area contributed by atoms with Crippen molar-refractivity contribution >= 4 is 5.91 Å². The van der Waals surface area contributed by atoms with E-state index in [-0.39, 0.29) is 5.91 Å². The molecule has 21 heavy (non-hydrogen) atoms. The van der Waals surface area contributed by atoms with Crippen LogP contribution in [0, 0.1) is 6.92 Å². The summed E-state index contributed by atoms with van der Waals surface area (Å²) in [5.74, 6) is 1.27.